The number of esters is 2. The number of hydrogen-bond acceptors (Lipinski definition) is 9. The van der Waals surface area contributed by atoms with E-state index in [1.165, 1.54) is 5.01 Å². The fourth-order valence-corrected chi connectivity index (χ4v) is 5.88. The highest BCUT2D eigenvalue weighted by atomic mass is 16.6. The van der Waals surface area contributed by atoms with Gasteiger partial charge in [-0.1, -0.05) is 57.2 Å². The predicted octanol–water partition coefficient (Wildman–Crippen LogP) is 4.66. The number of hydrazine groups is 1. The van der Waals surface area contributed by atoms with Crippen LogP contribution in [0.3, 0.4) is 0 Å². The Bertz CT molecular complexity index is 1680. The third-order valence-electron chi connectivity index (χ3n) is 8.48. The molecule has 1 aromatic carbocycles. The molecule has 1 aromatic rings. The second kappa shape index (κ2) is 18.5. The summed E-state index contributed by atoms with van der Waals surface area (Å²) in [6, 6.07) is 3.37. The maximum Gasteiger partial charge on any atom is 0.408 e. The van der Waals surface area contributed by atoms with Gasteiger partial charge in [0, 0.05) is 6.54 Å². The Morgan fingerprint density at radius 1 is 0.962 bits per heavy atom. The molecule has 1 saturated heterocycles. The molecule has 0 spiro atoms. The van der Waals surface area contributed by atoms with Crippen LogP contribution in [-0.2, 0) is 33.4 Å². The Labute approximate surface area is 314 Å². The van der Waals surface area contributed by atoms with Crippen molar-refractivity contribution < 1.29 is 38.2 Å². The lowest BCUT2D eigenvalue weighted by atomic mass is 9.97. The van der Waals surface area contributed by atoms with E-state index >= 15 is 0 Å². The first-order chi connectivity index (χ1) is 24.6. The molecular weight excluding hydrogens is 676 g/mol. The van der Waals surface area contributed by atoms with Crippen LogP contribution in [0, 0.1) is 11.8 Å². The fraction of sp³-hybridized carbons (Fsp3) is 0.585. The van der Waals surface area contributed by atoms with E-state index in [0.29, 0.717) is 25.3 Å². The number of benzene rings is 1. The van der Waals surface area contributed by atoms with Gasteiger partial charge in [0.1, 0.15) is 35.4 Å². The van der Waals surface area contributed by atoms with Crippen LogP contribution in [0.25, 0.3) is 12.2 Å². The van der Waals surface area contributed by atoms with Gasteiger partial charge in [-0.05, 0) is 120 Å². The predicted molar refractivity (Wildman–Crippen MR) is 204 cm³/mol. The van der Waals surface area contributed by atoms with Crippen molar-refractivity contribution in [1.82, 2.24) is 21.1 Å². The number of rotatable bonds is 11. The van der Waals surface area contributed by atoms with Crippen LogP contribution in [-0.4, -0.2) is 70.7 Å². The summed E-state index contributed by atoms with van der Waals surface area (Å²) >= 11 is 0. The first-order valence-corrected chi connectivity index (χ1v) is 18.6. The first-order valence-electron chi connectivity index (χ1n) is 18.6. The Balaban J connectivity index is 1.65. The van der Waals surface area contributed by atoms with Crippen molar-refractivity contribution in [3.63, 3.8) is 0 Å². The van der Waals surface area contributed by atoms with Gasteiger partial charge in [-0.25, -0.2) is 10.2 Å². The van der Waals surface area contributed by atoms with Crippen molar-refractivity contribution in [3.05, 3.63) is 58.0 Å². The van der Waals surface area contributed by atoms with Gasteiger partial charge in [-0.3, -0.25) is 24.2 Å². The molecule has 0 radical (unpaired) electrons. The summed E-state index contributed by atoms with van der Waals surface area (Å²) in [5.74, 6) is -1.69. The van der Waals surface area contributed by atoms with Crippen molar-refractivity contribution in [2.45, 2.75) is 137 Å². The number of hydrogen-bond donors (Lipinski definition) is 3. The average Bonchev–Trinajstić information content (AvgIpc) is 3.03. The third kappa shape index (κ3) is 14.1. The van der Waals surface area contributed by atoms with Crippen molar-refractivity contribution in [2.24, 2.45) is 11.8 Å². The number of carbonyl (C=O) groups is 5. The van der Waals surface area contributed by atoms with Gasteiger partial charge in [-0.15, -0.1) is 0 Å². The molecule has 1 heterocycles. The zero-order valence-electron chi connectivity index (χ0n) is 33.3. The number of amides is 3. The van der Waals surface area contributed by atoms with Crippen LogP contribution in [0.1, 0.15) is 114 Å². The van der Waals surface area contributed by atoms with Gasteiger partial charge in [0.15, 0.2) is 0 Å². The summed E-state index contributed by atoms with van der Waals surface area (Å²) in [6.45, 7) is 20.1. The molecule has 3 rings (SSSR count). The summed E-state index contributed by atoms with van der Waals surface area (Å²) < 4.78 is 16.6. The van der Waals surface area contributed by atoms with Crippen LogP contribution >= 0.6 is 0 Å². The van der Waals surface area contributed by atoms with Crippen molar-refractivity contribution in [1.29, 1.82) is 0 Å². The minimum absolute atomic E-state index is 0.167. The quantitative estimate of drug-likeness (QED) is 0.218. The van der Waals surface area contributed by atoms with Crippen LogP contribution in [0.5, 0.6) is 0 Å². The smallest absolute Gasteiger partial charge is 0.408 e. The highest BCUT2D eigenvalue weighted by molar-refractivity contribution is 5.91. The number of fused-ring (bicyclic) bond motifs is 1. The highest BCUT2D eigenvalue weighted by Crippen LogP contribution is 2.19. The molecule has 12 nitrogen and oxygen atoms in total. The molecule has 0 aromatic heterocycles. The molecular formula is C41H60N4O8. The van der Waals surface area contributed by atoms with Crippen molar-refractivity contribution in [3.8, 4) is 0 Å². The molecule has 5 atom stereocenters. The molecule has 0 saturated carbocycles. The molecule has 5 unspecified atom stereocenters. The summed E-state index contributed by atoms with van der Waals surface area (Å²) in [7, 11) is 0. The Kier molecular flexibility index (Phi) is 15.0. The lowest BCUT2D eigenvalue weighted by Gasteiger charge is -2.35. The topological polar surface area (TPSA) is 152 Å². The molecule has 292 valence electrons. The number of alkyl carbamates (subject to hydrolysis) is 1. The summed E-state index contributed by atoms with van der Waals surface area (Å²) in [5, 5.41) is 8.67. The maximum absolute atomic E-state index is 13.4. The molecule has 1 fully saturated rings. The third-order valence-corrected chi connectivity index (χ3v) is 8.48. The van der Waals surface area contributed by atoms with E-state index in [1.54, 1.807) is 41.5 Å². The second-order valence-corrected chi connectivity index (χ2v) is 16.3. The molecule has 0 bridgehead atoms. The zero-order valence-corrected chi connectivity index (χ0v) is 33.3. The van der Waals surface area contributed by atoms with E-state index in [9.17, 15) is 24.0 Å². The summed E-state index contributed by atoms with van der Waals surface area (Å²) in [6.07, 6.45) is 10.9. The van der Waals surface area contributed by atoms with Crippen LogP contribution in [0.4, 0.5) is 4.79 Å². The van der Waals surface area contributed by atoms with E-state index in [0.717, 1.165) is 28.0 Å². The number of ether oxygens (including phenoxy) is 3. The van der Waals surface area contributed by atoms with E-state index in [2.05, 4.69) is 41.2 Å². The van der Waals surface area contributed by atoms with Gasteiger partial charge in [0.05, 0.1) is 6.42 Å². The highest BCUT2D eigenvalue weighted by Gasteiger charge is 2.34. The van der Waals surface area contributed by atoms with E-state index < -0.39 is 59.3 Å². The largest absolute Gasteiger partial charge is 0.460 e. The minimum Gasteiger partial charge on any atom is -0.460 e. The molecule has 1 aliphatic heterocycles. The Morgan fingerprint density at radius 2 is 1.64 bits per heavy atom. The standard InChI is InChI=1S/C41H60N4O8/c1-25(2)35(43-39(50)53-41(9,10)11)36(47)42-27(4)37(48)45-21-13-15-33(44-45)38(49)51-28(5)31-20-19-30-18-17-26(3)22-29(23-32(30)24-31)14-12-16-34(46)52-40(6,7)8/h12,14,18-20,22-28,33,35,44H,13,15-17,21H2,1-11H3,(H,42,47)(H,43,50). The number of allylic oxidation sites excluding steroid dienone is 3. The molecule has 53 heavy (non-hydrogen) atoms. The first kappa shape index (κ1) is 43.0. The normalized spacial score (nSPS) is 19.5. The summed E-state index contributed by atoms with van der Waals surface area (Å²) in [5.41, 5.74) is 3.50. The maximum atomic E-state index is 13.4. The number of nitrogens with zero attached hydrogens (tertiary/aromatic N) is 1. The van der Waals surface area contributed by atoms with E-state index in [-0.39, 0.29) is 18.3 Å². The van der Waals surface area contributed by atoms with E-state index in [1.807, 2.05) is 58.0 Å². The second-order valence-electron chi connectivity index (χ2n) is 16.3. The van der Waals surface area contributed by atoms with Gasteiger partial charge in [0.2, 0.25) is 5.91 Å². The van der Waals surface area contributed by atoms with Crippen molar-refractivity contribution in [2.75, 3.05) is 6.54 Å². The monoisotopic (exact) mass is 736 g/mol. The molecule has 12 heteroatoms. The SMILES string of the molecule is CC1C=C(C=CCC(=O)OC(C)(C)C)C=c2cc(C(C)OC(=O)C3CCCN(C(=O)C(C)NC(=O)C(NC(=O)OC(C)(C)C)C(C)C)N3)ccc2=CC1. The molecule has 2 aliphatic rings. The summed E-state index contributed by atoms with van der Waals surface area (Å²) in [4.78, 5) is 64.5. The van der Waals surface area contributed by atoms with Crippen LogP contribution in [0.2, 0.25) is 0 Å². The Morgan fingerprint density at radius 3 is 2.28 bits per heavy atom. The zero-order chi connectivity index (χ0) is 39.7. The molecule has 3 amide bonds. The van der Waals surface area contributed by atoms with Gasteiger partial charge >= 0.3 is 18.0 Å². The van der Waals surface area contributed by atoms with Crippen LogP contribution in [0.15, 0.2) is 42.0 Å². The lowest BCUT2D eigenvalue weighted by molar-refractivity contribution is -0.157. The van der Waals surface area contributed by atoms with Gasteiger partial charge in [0.25, 0.3) is 5.91 Å². The minimum atomic E-state index is -0.934. The number of nitrogens with one attached hydrogen (secondary N) is 3. The van der Waals surface area contributed by atoms with E-state index in [4.69, 9.17) is 14.2 Å². The van der Waals surface area contributed by atoms with Gasteiger partial charge in [-0.2, -0.15) is 0 Å². The average molecular weight is 737 g/mol. The Hall–Kier alpha value is -4.45. The lowest BCUT2D eigenvalue weighted by Crippen LogP contribution is -2.61. The fourth-order valence-electron chi connectivity index (χ4n) is 5.88. The van der Waals surface area contributed by atoms with Gasteiger partial charge < -0.3 is 24.8 Å². The number of carbonyl (C=O) groups excluding carboxylic acids is 5. The van der Waals surface area contributed by atoms with Crippen LogP contribution < -0.4 is 26.5 Å². The van der Waals surface area contributed by atoms with Crippen molar-refractivity contribution >= 4 is 42.0 Å². The molecule has 1 aliphatic carbocycles. The molecule has 3 N–H and O–H groups in total.